The minimum absolute atomic E-state index is 0.0353. The Labute approximate surface area is 165 Å². The molecule has 2 saturated carbocycles. The van der Waals surface area contributed by atoms with Crippen LogP contribution >= 0.6 is 0 Å². The maximum absolute atomic E-state index is 13.1. The first-order chi connectivity index (χ1) is 13.6. The van der Waals surface area contributed by atoms with Crippen LogP contribution in [0.5, 0.6) is 0 Å². The molecule has 3 fully saturated rings. The summed E-state index contributed by atoms with van der Waals surface area (Å²) in [7, 11) is 1.35. The molecule has 0 radical (unpaired) electrons. The highest BCUT2D eigenvalue weighted by atomic mass is 16.5. The van der Waals surface area contributed by atoms with Crippen LogP contribution in [-0.4, -0.2) is 37.9 Å². The topological polar surface area (TPSA) is 75.7 Å². The Morgan fingerprint density at radius 2 is 1.75 bits per heavy atom. The van der Waals surface area contributed by atoms with Crippen molar-refractivity contribution in [3.05, 3.63) is 23.8 Å². The predicted octanol–water partition coefficient (Wildman–Crippen LogP) is 3.41. The van der Waals surface area contributed by atoms with Gasteiger partial charge in [-0.15, -0.1) is 0 Å². The third kappa shape index (κ3) is 3.64. The van der Waals surface area contributed by atoms with Gasteiger partial charge in [0.25, 0.3) is 0 Å². The smallest absolute Gasteiger partial charge is 0.337 e. The van der Waals surface area contributed by atoms with E-state index in [0.717, 1.165) is 50.9 Å². The molecule has 150 valence electrons. The van der Waals surface area contributed by atoms with Crippen LogP contribution in [-0.2, 0) is 14.3 Å². The molecule has 1 aliphatic heterocycles. The average Bonchev–Trinajstić information content (AvgIpc) is 3.21. The molecule has 2 aliphatic carbocycles. The number of hydrogen-bond acceptors (Lipinski definition) is 5. The molecule has 0 spiro atoms. The SMILES string of the molecule is COC(=O)c1ccc(N2CCCC2)c(NC(=O)C2CC3CCCC(C2)C3=O)c1. The van der Waals surface area contributed by atoms with E-state index in [2.05, 4.69) is 10.2 Å². The lowest BCUT2D eigenvalue weighted by molar-refractivity contribution is -0.136. The molecular weight excluding hydrogens is 356 g/mol. The first kappa shape index (κ1) is 19.0. The number of fused-ring (bicyclic) bond motifs is 2. The highest BCUT2D eigenvalue weighted by Crippen LogP contribution is 2.41. The zero-order chi connectivity index (χ0) is 19.7. The number of nitrogens with one attached hydrogen (secondary N) is 1. The number of hydrogen-bond donors (Lipinski definition) is 1. The van der Waals surface area contributed by atoms with Gasteiger partial charge in [-0.2, -0.15) is 0 Å². The lowest BCUT2D eigenvalue weighted by Gasteiger charge is -2.37. The highest BCUT2D eigenvalue weighted by Gasteiger charge is 2.41. The van der Waals surface area contributed by atoms with E-state index in [4.69, 9.17) is 4.74 Å². The number of carbonyl (C=O) groups excluding carboxylic acids is 3. The van der Waals surface area contributed by atoms with E-state index >= 15 is 0 Å². The molecule has 1 N–H and O–H groups in total. The Morgan fingerprint density at radius 1 is 1.07 bits per heavy atom. The van der Waals surface area contributed by atoms with Gasteiger partial charge < -0.3 is 15.0 Å². The standard InChI is InChI=1S/C22H28N2O4/c1-28-22(27)16-7-8-19(24-9-2-3-10-24)18(13-16)23-21(26)17-11-14-5-4-6-15(12-17)20(14)25/h7-8,13-15,17H,2-6,9-12H2,1H3,(H,23,26). The van der Waals surface area contributed by atoms with Gasteiger partial charge in [0.15, 0.2) is 0 Å². The minimum atomic E-state index is -0.415. The summed E-state index contributed by atoms with van der Waals surface area (Å²) in [5.74, 6) is -0.138. The molecule has 3 aliphatic rings. The van der Waals surface area contributed by atoms with Gasteiger partial charge in [-0.3, -0.25) is 9.59 Å². The molecule has 0 aromatic heterocycles. The van der Waals surface area contributed by atoms with Crippen molar-refractivity contribution in [1.29, 1.82) is 0 Å². The molecular formula is C22H28N2O4. The molecule has 28 heavy (non-hydrogen) atoms. The fraction of sp³-hybridized carbons (Fsp3) is 0.591. The van der Waals surface area contributed by atoms with Gasteiger partial charge in [0.05, 0.1) is 24.0 Å². The van der Waals surface area contributed by atoms with E-state index in [9.17, 15) is 14.4 Å². The fourth-order valence-corrected chi connectivity index (χ4v) is 5.04. The summed E-state index contributed by atoms with van der Waals surface area (Å²) in [6.45, 7) is 1.89. The van der Waals surface area contributed by atoms with E-state index in [0.29, 0.717) is 29.9 Å². The molecule has 1 heterocycles. The van der Waals surface area contributed by atoms with Crippen molar-refractivity contribution in [3.63, 3.8) is 0 Å². The second-order valence-corrected chi connectivity index (χ2v) is 8.30. The predicted molar refractivity (Wildman–Crippen MR) is 106 cm³/mol. The number of Topliss-reactive ketones (excluding diaryl/α,β-unsaturated/α-hetero) is 1. The van der Waals surface area contributed by atoms with Crippen LogP contribution in [0, 0.1) is 17.8 Å². The summed E-state index contributed by atoms with van der Waals surface area (Å²) >= 11 is 0. The largest absolute Gasteiger partial charge is 0.465 e. The maximum Gasteiger partial charge on any atom is 0.337 e. The summed E-state index contributed by atoms with van der Waals surface area (Å²) < 4.78 is 4.84. The van der Waals surface area contributed by atoms with Crippen molar-refractivity contribution >= 4 is 29.0 Å². The number of amides is 1. The lowest BCUT2D eigenvalue weighted by Crippen LogP contribution is -2.40. The van der Waals surface area contributed by atoms with E-state index in [1.807, 2.05) is 6.07 Å². The Hall–Kier alpha value is -2.37. The van der Waals surface area contributed by atoms with Gasteiger partial charge in [-0.1, -0.05) is 6.42 Å². The Balaban J connectivity index is 1.56. The highest BCUT2D eigenvalue weighted by molar-refractivity contribution is 6.00. The number of carbonyl (C=O) groups is 3. The number of ether oxygens (including phenoxy) is 1. The van der Waals surface area contributed by atoms with Gasteiger partial charge in [-0.05, 0) is 56.7 Å². The van der Waals surface area contributed by atoms with Gasteiger partial charge in [0, 0.05) is 30.8 Å². The Morgan fingerprint density at radius 3 is 2.39 bits per heavy atom. The normalized spacial score (nSPS) is 26.8. The summed E-state index contributed by atoms with van der Waals surface area (Å²) in [5.41, 5.74) is 2.04. The number of esters is 1. The van der Waals surface area contributed by atoms with E-state index < -0.39 is 5.97 Å². The molecule has 2 bridgehead atoms. The van der Waals surface area contributed by atoms with Gasteiger partial charge in [0.2, 0.25) is 5.91 Å². The van der Waals surface area contributed by atoms with E-state index in [1.165, 1.54) is 7.11 Å². The van der Waals surface area contributed by atoms with Crippen LogP contribution in [0.15, 0.2) is 18.2 Å². The van der Waals surface area contributed by atoms with Crippen LogP contribution in [0.3, 0.4) is 0 Å². The molecule has 1 aromatic rings. The number of benzene rings is 1. The van der Waals surface area contributed by atoms with Gasteiger partial charge in [0.1, 0.15) is 5.78 Å². The third-order valence-corrected chi connectivity index (χ3v) is 6.54. The molecule has 2 atom stereocenters. The monoisotopic (exact) mass is 384 g/mol. The number of anilines is 2. The number of nitrogens with zero attached hydrogens (tertiary/aromatic N) is 1. The third-order valence-electron chi connectivity index (χ3n) is 6.54. The van der Waals surface area contributed by atoms with Crippen molar-refractivity contribution in [2.24, 2.45) is 17.8 Å². The van der Waals surface area contributed by atoms with Gasteiger partial charge in [-0.25, -0.2) is 4.79 Å². The average molecular weight is 384 g/mol. The van der Waals surface area contributed by atoms with Crippen LogP contribution in [0.2, 0.25) is 0 Å². The minimum Gasteiger partial charge on any atom is -0.465 e. The van der Waals surface area contributed by atoms with E-state index in [-0.39, 0.29) is 23.7 Å². The Kier molecular flexibility index (Phi) is 5.38. The van der Waals surface area contributed by atoms with Crippen LogP contribution < -0.4 is 10.2 Å². The molecule has 6 heteroatoms. The van der Waals surface area contributed by atoms with Crippen molar-refractivity contribution in [1.82, 2.24) is 0 Å². The van der Waals surface area contributed by atoms with Crippen LogP contribution in [0.25, 0.3) is 0 Å². The molecule has 6 nitrogen and oxygen atoms in total. The van der Waals surface area contributed by atoms with Crippen molar-refractivity contribution in [2.75, 3.05) is 30.4 Å². The summed E-state index contributed by atoms with van der Waals surface area (Å²) in [4.78, 5) is 39.6. The second-order valence-electron chi connectivity index (χ2n) is 8.30. The second kappa shape index (κ2) is 7.94. The molecule has 1 saturated heterocycles. The molecule has 2 unspecified atom stereocenters. The first-order valence-corrected chi connectivity index (χ1v) is 10.4. The van der Waals surface area contributed by atoms with Crippen LogP contribution in [0.4, 0.5) is 11.4 Å². The fourth-order valence-electron chi connectivity index (χ4n) is 5.04. The zero-order valence-corrected chi connectivity index (χ0v) is 16.4. The molecule has 1 amide bonds. The summed E-state index contributed by atoms with van der Waals surface area (Å²) in [6, 6.07) is 5.36. The first-order valence-electron chi connectivity index (χ1n) is 10.4. The van der Waals surface area contributed by atoms with E-state index in [1.54, 1.807) is 12.1 Å². The molecule has 1 aromatic carbocycles. The number of ketones is 1. The maximum atomic E-state index is 13.1. The number of rotatable bonds is 4. The zero-order valence-electron chi connectivity index (χ0n) is 16.4. The van der Waals surface area contributed by atoms with Crippen molar-refractivity contribution in [3.8, 4) is 0 Å². The molecule has 4 rings (SSSR count). The quantitative estimate of drug-likeness (QED) is 0.805. The summed E-state index contributed by atoms with van der Waals surface area (Å²) in [5, 5.41) is 3.08. The number of methoxy groups -OCH3 is 1. The summed E-state index contributed by atoms with van der Waals surface area (Å²) in [6.07, 6.45) is 6.47. The van der Waals surface area contributed by atoms with Crippen molar-refractivity contribution in [2.45, 2.75) is 44.9 Å². The lowest BCUT2D eigenvalue weighted by atomic mass is 9.67. The van der Waals surface area contributed by atoms with Gasteiger partial charge >= 0.3 is 5.97 Å². The Bertz CT molecular complexity index is 769. The van der Waals surface area contributed by atoms with Crippen molar-refractivity contribution < 1.29 is 19.1 Å². The van der Waals surface area contributed by atoms with Crippen LogP contribution in [0.1, 0.15) is 55.3 Å².